The van der Waals surface area contributed by atoms with Crippen LogP contribution in [0.4, 0.5) is 4.79 Å². The SMILES string of the molecule is C[C@H](NC(=O)OC(C)(C)C)C(=O)N/N=C\C1=Cc2ccccc2OC1. The van der Waals surface area contributed by atoms with Gasteiger partial charge in [-0.05, 0) is 39.8 Å². The lowest BCUT2D eigenvalue weighted by Crippen LogP contribution is -2.45. The molecule has 0 aromatic heterocycles. The molecule has 7 nitrogen and oxygen atoms in total. The summed E-state index contributed by atoms with van der Waals surface area (Å²) in [6, 6.07) is 6.89. The van der Waals surface area contributed by atoms with E-state index >= 15 is 0 Å². The molecule has 1 atom stereocenters. The Morgan fingerprint density at radius 1 is 1.32 bits per heavy atom. The van der Waals surface area contributed by atoms with Crippen molar-refractivity contribution in [2.24, 2.45) is 5.10 Å². The molecule has 0 radical (unpaired) electrons. The average Bonchev–Trinajstić information content (AvgIpc) is 2.52. The lowest BCUT2D eigenvalue weighted by molar-refractivity contribution is -0.122. The van der Waals surface area contributed by atoms with E-state index in [2.05, 4.69) is 15.8 Å². The third-order valence-electron chi connectivity index (χ3n) is 3.19. The van der Waals surface area contributed by atoms with Crippen LogP contribution in [0.1, 0.15) is 33.3 Å². The van der Waals surface area contributed by atoms with Gasteiger partial charge in [-0.15, -0.1) is 0 Å². The minimum absolute atomic E-state index is 0.377. The zero-order valence-corrected chi connectivity index (χ0v) is 14.8. The number of ether oxygens (including phenoxy) is 2. The van der Waals surface area contributed by atoms with Crippen LogP contribution in [0.3, 0.4) is 0 Å². The molecule has 2 amide bonds. The lowest BCUT2D eigenvalue weighted by Gasteiger charge is -2.21. The third kappa shape index (κ3) is 5.95. The average molecular weight is 345 g/mol. The van der Waals surface area contributed by atoms with Gasteiger partial charge in [0.2, 0.25) is 0 Å². The van der Waals surface area contributed by atoms with Gasteiger partial charge < -0.3 is 14.8 Å². The Bertz CT molecular complexity index is 705. The number of carbonyl (C=O) groups is 2. The van der Waals surface area contributed by atoms with Crippen molar-refractivity contribution in [3.8, 4) is 5.75 Å². The Morgan fingerprint density at radius 3 is 2.76 bits per heavy atom. The van der Waals surface area contributed by atoms with Crippen molar-refractivity contribution < 1.29 is 19.1 Å². The van der Waals surface area contributed by atoms with E-state index in [1.54, 1.807) is 27.7 Å². The summed E-state index contributed by atoms with van der Waals surface area (Å²) < 4.78 is 10.7. The first-order valence-corrected chi connectivity index (χ1v) is 7.99. The van der Waals surface area contributed by atoms with Crippen LogP contribution in [0, 0.1) is 0 Å². The predicted octanol–water partition coefficient (Wildman–Crippen LogP) is 2.48. The van der Waals surface area contributed by atoms with E-state index in [1.165, 1.54) is 6.21 Å². The first-order chi connectivity index (χ1) is 11.7. The summed E-state index contributed by atoms with van der Waals surface area (Å²) in [4.78, 5) is 23.6. The van der Waals surface area contributed by atoms with Crippen LogP contribution in [0.5, 0.6) is 5.75 Å². The monoisotopic (exact) mass is 345 g/mol. The first-order valence-electron chi connectivity index (χ1n) is 7.99. The molecule has 7 heteroatoms. The molecule has 1 aliphatic heterocycles. The highest BCUT2D eigenvalue weighted by molar-refractivity contribution is 5.90. The zero-order chi connectivity index (χ0) is 18.4. The molecule has 1 aromatic carbocycles. The summed E-state index contributed by atoms with van der Waals surface area (Å²) in [5, 5.41) is 6.36. The number of amides is 2. The molecule has 1 aliphatic rings. The Balaban J connectivity index is 1.84. The standard InChI is InChI=1S/C18H23N3O4/c1-12(20-17(23)25-18(2,3)4)16(22)21-19-10-13-9-14-7-5-6-8-15(14)24-11-13/h5-10,12H,11H2,1-4H3,(H,20,23)(H,21,22)/b19-10-/t12-/m0/s1. The van der Waals surface area contributed by atoms with Gasteiger partial charge in [0, 0.05) is 11.1 Å². The highest BCUT2D eigenvalue weighted by atomic mass is 16.6. The molecule has 0 fully saturated rings. The van der Waals surface area contributed by atoms with Crippen molar-refractivity contribution >= 4 is 24.3 Å². The van der Waals surface area contributed by atoms with Crippen molar-refractivity contribution in [2.75, 3.05) is 6.61 Å². The number of benzene rings is 1. The van der Waals surface area contributed by atoms with Gasteiger partial charge in [0.15, 0.2) is 0 Å². The molecule has 0 aliphatic carbocycles. The molecule has 134 valence electrons. The summed E-state index contributed by atoms with van der Waals surface area (Å²) >= 11 is 0. The summed E-state index contributed by atoms with van der Waals surface area (Å²) in [5.74, 6) is 0.374. The van der Waals surface area contributed by atoms with Crippen molar-refractivity contribution in [3.05, 3.63) is 35.4 Å². The zero-order valence-electron chi connectivity index (χ0n) is 14.8. The topological polar surface area (TPSA) is 89.0 Å². The Hall–Kier alpha value is -2.83. The van der Waals surface area contributed by atoms with Gasteiger partial charge in [0.05, 0.1) is 6.21 Å². The van der Waals surface area contributed by atoms with E-state index in [9.17, 15) is 9.59 Å². The van der Waals surface area contributed by atoms with Crippen LogP contribution in [0.15, 0.2) is 34.9 Å². The Morgan fingerprint density at radius 2 is 2.04 bits per heavy atom. The van der Waals surface area contributed by atoms with Gasteiger partial charge in [-0.25, -0.2) is 10.2 Å². The van der Waals surface area contributed by atoms with Crippen molar-refractivity contribution in [1.82, 2.24) is 10.7 Å². The molecule has 2 rings (SSSR count). The molecule has 0 bridgehead atoms. The minimum atomic E-state index is -0.774. The maximum atomic E-state index is 11.9. The summed E-state index contributed by atoms with van der Waals surface area (Å²) in [6.07, 6.45) is 2.81. The molecule has 0 saturated heterocycles. The second-order valence-electron chi connectivity index (χ2n) is 6.65. The van der Waals surface area contributed by atoms with Crippen LogP contribution in [-0.2, 0) is 9.53 Å². The molecule has 1 heterocycles. The number of hydrogen-bond donors (Lipinski definition) is 2. The van der Waals surface area contributed by atoms with Crippen LogP contribution in [0.2, 0.25) is 0 Å². The third-order valence-corrected chi connectivity index (χ3v) is 3.19. The molecular weight excluding hydrogens is 322 g/mol. The van der Waals surface area contributed by atoms with E-state index in [0.717, 1.165) is 16.9 Å². The number of para-hydroxylation sites is 1. The second kappa shape index (κ2) is 7.83. The fraction of sp³-hybridized carbons (Fsp3) is 0.389. The van der Waals surface area contributed by atoms with Crippen LogP contribution < -0.4 is 15.5 Å². The fourth-order valence-corrected chi connectivity index (χ4v) is 2.03. The number of fused-ring (bicyclic) bond motifs is 1. The van der Waals surface area contributed by atoms with Crippen molar-refractivity contribution in [1.29, 1.82) is 0 Å². The van der Waals surface area contributed by atoms with Gasteiger partial charge in [0.25, 0.3) is 5.91 Å². The highest BCUT2D eigenvalue weighted by Crippen LogP contribution is 2.24. The lowest BCUT2D eigenvalue weighted by atomic mass is 10.1. The van der Waals surface area contributed by atoms with Gasteiger partial charge in [-0.2, -0.15) is 5.10 Å². The Labute approximate surface area is 147 Å². The summed E-state index contributed by atoms with van der Waals surface area (Å²) in [6.45, 7) is 7.18. The van der Waals surface area contributed by atoms with Gasteiger partial charge in [-0.1, -0.05) is 18.2 Å². The molecular formula is C18H23N3O4. The predicted molar refractivity (Wildman–Crippen MR) is 95.4 cm³/mol. The number of nitrogens with zero attached hydrogens (tertiary/aromatic N) is 1. The summed E-state index contributed by atoms with van der Waals surface area (Å²) in [7, 11) is 0. The van der Waals surface area contributed by atoms with Crippen LogP contribution in [-0.4, -0.2) is 36.5 Å². The van der Waals surface area contributed by atoms with E-state index in [0.29, 0.717) is 6.61 Å². The molecule has 1 aromatic rings. The van der Waals surface area contributed by atoms with Gasteiger partial charge in [0.1, 0.15) is 24.0 Å². The second-order valence-corrected chi connectivity index (χ2v) is 6.65. The normalized spacial score (nSPS) is 14.8. The van der Waals surface area contributed by atoms with E-state index in [1.807, 2.05) is 30.3 Å². The molecule has 0 unspecified atom stereocenters. The number of nitrogens with one attached hydrogen (secondary N) is 2. The van der Waals surface area contributed by atoms with Crippen LogP contribution in [0.25, 0.3) is 6.08 Å². The number of rotatable bonds is 4. The van der Waals surface area contributed by atoms with Crippen molar-refractivity contribution in [2.45, 2.75) is 39.3 Å². The van der Waals surface area contributed by atoms with Crippen molar-refractivity contribution in [3.63, 3.8) is 0 Å². The van der Waals surface area contributed by atoms with E-state index < -0.39 is 23.6 Å². The van der Waals surface area contributed by atoms with Gasteiger partial charge in [-0.3, -0.25) is 4.79 Å². The first kappa shape index (κ1) is 18.5. The number of hydrazone groups is 1. The van der Waals surface area contributed by atoms with Crippen LogP contribution >= 0.6 is 0 Å². The maximum Gasteiger partial charge on any atom is 0.408 e. The molecule has 2 N–H and O–H groups in total. The largest absolute Gasteiger partial charge is 0.488 e. The van der Waals surface area contributed by atoms with E-state index in [4.69, 9.17) is 9.47 Å². The number of hydrogen-bond acceptors (Lipinski definition) is 5. The minimum Gasteiger partial charge on any atom is -0.488 e. The van der Waals surface area contributed by atoms with E-state index in [-0.39, 0.29) is 0 Å². The summed E-state index contributed by atoms with van der Waals surface area (Å²) in [5.41, 5.74) is 3.55. The highest BCUT2D eigenvalue weighted by Gasteiger charge is 2.20. The molecule has 0 spiro atoms. The fourth-order valence-electron chi connectivity index (χ4n) is 2.03. The number of carbonyl (C=O) groups excluding carboxylic acids is 2. The number of alkyl carbamates (subject to hydrolysis) is 1. The Kier molecular flexibility index (Phi) is 5.80. The molecule has 25 heavy (non-hydrogen) atoms. The maximum absolute atomic E-state index is 11.9. The quantitative estimate of drug-likeness (QED) is 0.648. The smallest absolute Gasteiger partial charge is 0.408 e. The molecule has 0 saturated carbocycles. The van der Waals surface area contributed by atoms with Gasteiger partial charge >= 0.3 is 6.09 Å².